The largest absolute Gasteiger partial charge is 0.373 e. The van der Waals surface area contributed by atoms with Gasteiger partial charge in [0.15, 0.2) is 0 Å². The molecule has 6 nitrogen and oxygen atoms in total. The standard InChI is InChI=1S/C14H22BrN5O/c1-2-16-14-18-7-12(15)13(19-14)17-6-11-8-20-5-3-4-10(20)9-21-11/h7,10-11H,2-6,8-9H2,1H3,(H2,16,17,18,19). The number of anilines is 2. The number of nitrogens with one attached hydrogen (secondary N) is 2. The Bertz CT molecular complexity index is 486. The predicted molar refractivity (Wildman–Crippen MR) is 86.7 cm³/mol. The molecule has 0 aliphatic carbocycles. The first-order valence-electron chi connectivity index (χ1n) is 7.62. The van der Waals surface area contributed by atoms with E-state index in [-0.39, 0.29) is 6.10 Å². The summed E-state index contributed by atoms with van der Waals surface area (Å²) in [4.78, 5) is 11.2. The van der Waals surface area contributed by atoms with Crippen molar-refractivity contribution in [1.29, 1.82) is 0 Å². The van der Waals surface area contributed by atoms with E-state index in [0.717, 1.165) is 36.5 Å². The van der Waals surface area contributed by atoms with Gasteiger partial charge in [-0.15, -0.1) is 0 Å². The number of hydrogen-bond acceptors (Lipinski definition) is 6. The summed E-state index contributed by atoms with van der Waals surface area (Å²) in [6.45, 7) is 6.70. The van der Waals surface area contributed by atoms with Gasteiger partial charge in [0.05, 0.1) is 17.2 Å². The van der Waals surface area contributed by atoms with Crippen LogP contribution in [0.1, 0.15) is 19.8 Å². The zero-order valence-corrected chi connectivity index (χ0v) is 13.9. The molecule has 2 saturated heterocycles. The normalized spacial score (nSPS) is 25.6. The molecule has 0 radical (unpaired) electrons. The van der Waals surface area contributed by atoms with Crippen LogP contribution in [0.15, 0.2) is 10.7 Å². The van der Waals surface area contributed by atoms with Gasteiger partial charge < -0.3 is 15.4 Å². The minimum atomic E-state index is 0.226. The van der Waals surface area contributed by atoms with Gasteiger partial charge in [0.2, 0.25) is 5.95 Å². The third-order valence-electron chi connectivity index (χ3n) is 4.04. The quantitative estimate of drug-likeness (QED) is 0.841. The molecule has 3 rings (SSSR count). The Labute approximate surface area is 133 Å². The molecule has 0 spiro atoms. The average molecular weight is 356 g/mol. The van der Waals surface area contributed by atoms with Crippen LogP contribution >= 0.6 is 15.9 Å². The minimum Gasteiger partial charge on any atom is -0.373 e. The van der Waals surface area contributed by atoms with Gasteiger partial charge >= 0.3 is 0 Å². The monoisotopic (exact) mass is 355 g/mol. The van der Waals surface area contributed by atoms with Crippen molar-refractivity contribution in [3.05, 3.63) is 10.7 Å². The maximum Gasteiger partial charge on any atom is 0.224 e. The van der Waals surface area contributed by atoms with Crippen molar-refractivity contribution in [2.45, 2.75) is 31.9 Å². The van der Waals surface area contributed by atoms with E-state index in [1.165, 1.54) is 19.4 Å². The number of ether oxygens (including phenoxy) is 1. The highest BCUT2D eigenvalue weighted by Crippen LogP contribution is 2.24. The molecule has 2 fully saturated rings. The smallest absolute Gasteiger partial charge is 0.224 e. The van der Waals surface area contributed by atoms with Crippen molar-refractivity contribution in [2.75, 3.05) is 43.4 Å². The maximum atomic E-state index is 5.95. The molecule has 3 heterocycles. The summed E-state index contributed by atoms with van der Waals surface area (Å²) in [7, 11) is 0. The van der Waals surface area contributed by atoms with Gasteiger partial charge in [0.25, 0.3) is 0 Å². The fraction of sp³-hybridized carbons (Fsp3) is 0.714. The van der Waals surface area contributed by atoms with Crippen LogP contribution in [0.4, 0.5) is 11.8 Å². The average Bonchev–Trinajstić information content (AvgIpc) is 2.95. The Hall–Kier alpha value is -0.920. The van der Waals surface area contributed by atoms with E-state index in [9.17, 15) is 0 Å². The lowest BCUT2D eigenvalue weighted by Crippen LogP contribution is -2.48. The Morgan fingerprint density at radius 2 is 2.38 bits per heavy atom. The maximum absolute atomic E-state index is 5.95. The zero-order valence-electron chi connectivity index (χ0n) is 12.3. The lowest BCUT2D eigenvalue weighted by Gasteiger charge is -2.35. The van der Waals surface area contributed by atoms with Crippen LogP contribution in [0, 0.1) is 0 Å². The van der Waals surface area contributed by atoms with Gasteiger partial charge in [-0.3, -0.25) is 4.90 Å². The van der Waals surface area contributed by atoms with E-state index < -0.39 is 0 Å². The molecule has 7 heteroatoms. The van der Waals surface area contributed by atoms with Gasteiger partial charge in [-0.25, -0.2) is 4.98 Å². The predicted octanol–water partition coefficient (Wildman–Crippen LogP) is 1.95. The summed E-state index contributed by atoms with van der Waals surface area (Å²) in [6.07, 6.45) is 4.58. The first-order chi connectivity index (χ1) is 10.3. The molecule has 2 N–H and O–H groups in total. The summed E-state index contributed by atoms with van der Waals surface area (Å²) >= 11 is 3.49. The molecule has 0 saturated carbocycles. The second-order valence-corrected chi connectivity index (χ2v) is 6.40. The Morgan fingerprint density at radius 3 is 3.24 bits per heavy atom. The van der Waals surface area contributed by atoms with Crippen molar-refractivity contribution in [1.82, 2.24) is 14.9 Å². The first-order valence-corrected chi connectivity index (χ1v) is 8.41. The molecule has 2 aliphatic rings. The van der Waals surface area contributed by atoms with Crippen molar-refractivity contribution in [3.8, 4) is 0 Å². The topological polar surface area (TPSA) is 62.3 Å². The summed E-state index contributed by atoms with van der Waals surface area (Å²) in [5, 5.41) is 6.49. The fourth-order valence-electron chi connectivity index (χ4n) is 2.95. The minimum absolute atomic E-state index is 0.226. The number of morpholine rings is 1. The molecule has 2 unspecified atom stereocenters. The van der Waals surface area contributed by atoms with Gasteiger partial charge in [0, 0.05) is 31.9 Å². The van der Waals surface area contributed by atoms with Crippen molar-refractivity contribution >= 4 is 27.7 Å². The summed E-state index contributed by atoms with van der Waals surface area (Å²) in [6, 6.07) is 0.646. The summed E-state index contributed by atoms with van der Waals surface area (Å²) in [5.41, 5.74) is 0. The van der Waals surface area contributed by atoms with E-state index in [1.54, 1.807) is 6.20 Å². The molecule has 2 aliphatic heterocycles. The number of fused-ring (bicyclic) bond motifs is 1. The highest BCUT2D eigenvalue weighted by molar-refractivity contribution is 9.10. The lowest BCUT2D eigenvalue weighted by atomic mass is 10.2. The van der Waals surface area contributed by atoms with Crippen molar-refractivity contribution < 1.29 is 4.74 Å². The summed E-state index contributed by atoms with van der Waals surface area (Å²) in [5.74, 6) is 1.46. The Morgan fingerprint density at radius 1 is 1.48 bits per heavy atom. The molecule has 2 atom stereocenters. The van der Waals surface area contributed by atoms with Crippen LogP contribution in [0.5, 0.6) is 0 Å². The van der Waals surface area contributed by atoms with Gasteiger partial charge in [-0.05, 0) is 42.2 Å². The Balaban J connectivity index is 1.56. The van der Waals surface area contributed by atoms with Gasteiger partial charge in [0.1, 0.15) is 5.82 Å². The Kier molecular flexibility index (Phi) is 4.92. The van der Waals surface area contributed by atoms with E-state index in [4.69, 9.17) is 4.74 Å². The third-order valence-corrected chi connectivity index (χ3v) is 4.62. The molecule has 0 amide bonds. The van der Waals surface area contributed by atoms with E-state index >= 15 is 0 Å². The van der Waals surface area contributed by atoms with Gasteiger partial charge in [-0.1, -0.05) is 0 Å². The molecule has 1 aromatic rings. The summed E-state index contributed by atoms with van der Waals surface area (Å²) < 4.78 is 6.83. The molecule has 1 aromatic heterocycles. The highest BCUT2D eigenvalue weighted by Gasteiger charge is 2.32. The lowest BCUT2D eigenvalue weighted by molar-refractivity contribution is -0.0416. The van der Waals surface area contributed by atoms with Crippen LogP contribution < -0.4 is 10.6 Å². The molecule has 0 bridgehead atoms. The second-order valence-electron chi connectivity index (χ2n) is 5.55. The van der Waals surface area contributed by atoms with Crippen LogP contribution in [0.3, 0.4) is 0 Å². The van der Waals surface area contributed by atoms with Crippen molar-refractivity contribution in [3.63, 3.8) is 0 Å². The van der Waals surface area contributed by atoms with E-state index in [2.05, 4.69) is 41.4 Å². The van der Waals surface area contributed by atoms with Gasteiger partial charge in [-0.2, -0.15) is 4.98 Å². The van der Waals surface area contributed by atoms with Crippen LogP contribution in [-0.2, 0) is 4.74 Å². The number of nitrogens with zero attached hydrogens (tertiary/aromatic N) is 3. The number of hydrogen-bond donors (Lipinski definition) is 2. The number of halogens is 1. The van der Waals surface area contributed by atoms with Crippen molar-refractivity contribution in [2.24, 2.45) is 0 Å². The van der Waals surface area contributed by atoms with E-state index in [0.29, 0.717) is 12.0 Å². The molecular formula is C14H22BrN5O. The third kappa shape index (κ3) is 3.64. The zero-order chi connectivity index (χ0) is 14.7. The number of rotatable bonds is 5. The molecular weight excluding hydrogens is 334 g/mol. The molecule has 0 aromatic carbocycles. The second kappa shape index (κ2) is 6.89. The van der Waals surface area contributed by atoms with Crippen LogP contribution in [-0.4, -0.2) is 59.8 Å². The van der Waals surface area contributed by atoms with E-state index in [1.807, 2.05) is 6.92 Å². The van der Waals surface area contributed by atoms with Crippen LogP contribution in [0.25, 0.3) is 0 Å². The first kappa shape index (κ1) is 15.0. The molecule has 116 valence electrons. The molecule has 21 heavy (non-hydrogen) atoms. The van der Waals surface area contributed by atoms with Crippen LogP contribution in [0.2, 0.25) is 0 Å². The number of aromatic nitrogens is 2. The SMILES string of the molecule is CCNc1ncc(Br)c(NCC2CN3CCCC3CO2)n1. The fourth-order valence-corrected chi connectivity index (χ4v) is 3.29. The highest BCUT2D eigenvalue weighted by atomic mass is 79.9.